The maximum Gasteiger partial charge on any atom is 0.123 e. The number of nitrogens with zero attached hydrogens (tertiary/aromatic N) is 1. The van der Waals surface area contributed by atoms with Crippen molar-refractivity contribution in [3.8, 4) is 0 Å². The number of hydrogen-bond donors (Lipinski definition) is 1. The molecule has 0 saturated heterocycles. The molecule has 0 fully saturated rings. The van der Waals surface area contributed by atoms with E-state index in [9.17, 15) is 0 Å². The highest BCUT2D eigenvalue weighted by molar-refractivity contribution is 7.99. The van der Waals surface area contributed by atoms with Crippen LogP contribution in [0.25, 0.3) is 10.9 Å². The van der Waals surface area contributed by atoms with Crippen molar-refractivity contribution in [3.05, 3.63) is 54.6 Å². The number of para-hydroxylation sites is 1. The highest BCUT2D eigenvalue weighted by atomic mass is 32.2. The Morgan fingerprint density at radius 1 is 1.16 bits per heavy atom. The predicted molar refractivity (Wildman–Crippen MR) is 79.5 cm³/mol. The van der Waals surface area contributed by atoms with E-state index < -0.39 is 0 Å². The number of hydrogen-bond acceptors (Lipinski definition) is 3. The number of fused-ring (bicyclic) bond motifs is 1. The van der Waals surface area contributed by atoms with Crippen LogP contribution in [0.3, 0.4) is 0 Å². The smallest absolute Gasteiger partial charge is 0.123 e. The summed E-state index contributed by atoms with van der Waals surface area (Å²) in [6.07, 6.45) is 3.90. The van der Waals surface area contributed by atoms with Crippen molar-refractivity contribution in [3.63, 3.8) is 0 Å². The average Bonchev–Trinajstić information content (AvgIpc) is 3.06. The molecule has 2 N–H and O–H groups in total. The lowest BCUT2D eigenvalue weighted by atomic mass is 10.2. The van der Waals surface area contributed by atoms with Gasteiger partial charge >= 0.3 is 0 Å². The van der Waals surface area contributed by atoms with Crippen molar-refractivity contribution in [2.24, 2.45) is 5.73 Å². The van der Waals surface area contributed by atoms with Gasteiger partial charge in [0.05, 0.1) is 12.8 Å². The van der Waals surface area contributed by atoms with E-state index in [-0.39, 0.29) is 0 Å². The number of aromatic nitrogens is 1. The molecule has 1 aromatic carbocycles. The molecule has 0 aliphatic heterocycles. The van der Waals surface area contributed by atoms with Crippen LogP contribution < -0.4 is 5.73 Å². The van der Waals surface area contributed by atoms with Crippen LogP contribution >= 0.6 is 11.8 Å². The molecule has 0 atom stereocenters. The van der Waals surface area contributed by atoms with Crippen LogP contribution in [0.4, 0.5) is 0 Å². The van der Waals surface area contributed by atoms with E-state index in [1.807, 2.05) is 12.1 Å². The Balaban J connectivity index is 1.99. The van der Waals surface area contributed by atoms with Gasteiger partial charge in [0.1, 0.15) is 5.76 Å². The Bertz CT molecular complexity index is 658. The highest BCUT2D eigenvalue weighted by Crippen LogP contribution is 2.30. The zero-order valence-corrected chi connectivity index (χ0v) is 11.4. The molecule has 4 heteroatoms. The van der Waals surface area contributed by atoms with Crippen molar-refractivity contribution < 1.29 is 4.42 Å². The topological polar surface area (TPSA) is 44.1 Å². The van der Waals surface area contributed by atoms with Crippen molar-refractivity contribution >= 4 is 22.7 Å². The zero-order valence-electron chi connectivity index (χ0n) is 10.6. The van der Waals surface area contributed by atoms with Gasteiger partial charge in [0, 0.05) is 34.3 Å². The van der Waals surface area contributed by atoms with Gasteiger partial charge < -0.3 is 14.7 Å². The standard InChI is InChI=1S/C15H16N2OS/c16-7-9-19-15-11-17(10-12-4-3-8-18-12)14-6-2-1-5-13(14)15/h1-6,8,11H,7,9-10,16H2. The molecule has 0 aliphatic carbocycles. The van der Waals surface area contributed by atoms with E-state index in [0.717, 1.165) is 18.1 Å². The number of thioether (sulfide) groups is 1. The summed E-state index contributed by atoms with van der Waals surface area (Å²) < 4.78 is 7.66. The molecule has 2 aromatic heterocycles. The van der Waals surface area contributed by atoms with Crippen LogP contribution in [0.2, 0.25) is 0 Å². The summed E-state index contributed by atoms with van der Waals surface area (Å²) in [6, 6.07) is 12.4. The maximum atomic E-state index is 5.59. The van der Waals surface area contributed by atoms with E-state index in [1.165, 1.54) is 15.8 Å². The summed E-state index contributed by atoms with van der Waals surface area (Å²) in [5, 5.41) is 1.28. The summed E-state index contributed by atoms with van der Waals surface area (Å²) in [7, 11) is 0. The van der Waals surface area contributed by atoms with Crippen molar-refractivity contribution in [1.29, 1.82) is 0 Å². The molecule has 0 saturated carbocycles. The van der Waals surface area contributed by atoms with Gasteiger partial charge in [0.15, 0.2) is 0 Å². The van der Waals surface area contributed by atoms with E-state index in [2.05, 4.69) is 35.0 Å². The second-order valence-electron chi connectivity index (χ2n) is 4.35. The fourth-order valence-corrected chi connectivity index (χ4v) is 3.07. The first-order valence-corrected chi connectivity index (χ1v) is 7.30. The van der Waals surface area contributed by atoms with E-state index in [0.29, 0.717) is 6.54 Å². The third-order valence-electron chi connectivity index (χ3n) is 3.03. The Labute approximate surface area is 116 Å². The Morgan fingerprint density at radius 3 is 2.84 bits per heavy atom. The fraction of sp³-hybridized carbons (Fsp3) is 0.200. The van der Waals surface area contributed by atoms with Crippen LogP contribution in [-0.4, -0.2) is 16.9 Å². The fourth-order valence-electron chi connectivity index (χ4n) is 2.20. The lowest BCUT2D eigenvalue weighted by Gasteiger charge is -2.01. The van der Waals surface area contributed by atoms with Crippen LogP contribution in [-0.2, 0) is 6.54 Å². The molecule has 0 radical (unpaired) electrons. The Morgan fingerprint density at radius 2 is 2.05 bits per heavy atom. The summed E-state index contributed by atoms with van der Waals surface area (Å²) in [5.41, 5.74) is 6.83. The normalized spacial score (nSPS) is 11.2. The summed E-state index contributed by atoms with van der Waals surface area (Å²) >= 11 is 1.81. The minimum atomic E-state index is 0.697. The van der Waals surface area contributed by atoms with Crippen LogP contribution in [0.15, 0.2) is 58.2 Å². The first kappa shape index (κ1) is 12.4. The summed E-state index contributed by atoms with van der Waals surface area (Å²) in [4.78, 5) is 1.28. The first-order chi connectivity index (χ1) is 9.38. The molecule has 3 aromatic rings. The van der Waals surface area contributed by atoms with Gasteiger partial charge in [-0.25, -0.2) is 0 Å². The largest absolute Gasteiger partial charge is 0.467 e. The second kappa shape index (κ2) is 5.55. The molecule has 0 amide bonds. The van der Waals surface area contributed by atoms with Crippen LogP contribution in [0.5, 0.6) is 0 Å². The summed E-state index contributed by atoms with van der Waals surface area (Å²) in [5.74, 6) is 1.91. The van der Waals surface area contributed by atoms with Gasteiger partial charge in [-0.3, -0.25) is 0 Å². The van der Waals surface area contributed by atoms with E-state index >= 15 is 0 Å². The number of furan rings is 1. The zero-order chi connectivity index (χ0) is 13.1. The van der Waals surface area contributed by atoms with Gasteiger partial charge in [0.2, 0.25) is 0 Å². The molecular formula is C15H16N2OS. The molecule has 0 aliphatic rings. The lowest BCUT2D eigenvalue weighted by Crippen LogP contribution is -2.00. The number of benzene rings is 1. The molecule has 3 nitrogen and oxygen atoms in total. The maximum absolute atomic E-state index is 5.59. The molecule has 98 valence electrons. The third-order valence-corrected chi connectivity index (χ3v) is 4.11. The van der Waals surface area contributed by atoms with Crippen molar-refractivity contribution in [2.75, 3.05) is 12.3 Å². The molecular weight excluding hydrogens is 256 g/mol. The number of nitrogens with two attached hydrogens (primary N) is 1. The Hall–Kier alpha value is -1.65. The van der Waals surface area contributed by atoms with E-state index in [1.54, 1.807) is 18.0 Å². The first-order valence-electron chi connectivity index (χ1n) is 6.31. The average molecular weight is 272 g/mol. The molecule has 2 heterocycles. The minimum Gasteiger partial charge on any atom is -0.467 e. The van der Waals surface area contributed by atoms with Gasteiger partial charge in [0.25, 0.3) is 0 Å². The van der Waals surface area contributed by atoms with Crippen LogP contribution in [0.1, 0.15) is 5.76 Å². The van der Waals surface area contributed by atoms with Gasteiger partial charge in [-0.2, -0.15) is 0 Å². The molecule has 0 unspecified atom stereocenters. The van der Waals surface area contributed by atoms with Gasteiger partial charge in [-0.05, 0) is 18.2 Å². The monoisotopic (exact) mass is 272 g/mol. The SMILES string of the molecule is NCCSc1cn(Cc2ccco2)c2ccccc12. The number of rotatable bonds is 5. The molecule has 0 spiro atoms. The minimum absolute atomic E-state index is 0.697. The van der Waals surface area contributed by atoms with Crippen molar-refractivity contribution in [2.45, 2.75) is 11.4 Å². The van der Waals surface area contributed by atoms with Crippen LogP contribution in [0, 0.1) is 0 Å². The van der Waals surface area contributed by atoms with Gasteiger partial charge in [-0.1, -0.05) is 18.2 Å². The van der Waals surface area contributed by atoms with E-state index in [4.69, 9.17) is 10.2 Å². The quantitative estimate of drug-likeness (QED) is 0.724. The lowest BCUT2D eigenvalue weighted by molar-refractivity contribution is 0.496. The molecule has 3 rings (SSSR count). The Kier molecular flexibility index (Phi) is 3.62. The second-order valence-corrected chi connectivity index (χ2v) is 5.49. The molecule has 19 heavy (non-hydrogen) atoms. The molecule has 0 bridgehead atoms. The van der Waals surface area contributed by atoms with Gasteiger partial charge in [-0.15, -0.1) is 11.8 Å². The predicted octanol–water partition coefficient (Wildman–Crippen LogP) is 3.33. The highest BCUT2D eigenvalue weighted by Gasteiger charge is 2.09. The van der Waals surface area contributed by atoms with Crippen molar-refractivity contribution in [1.82, 2.24) is 4.57 Å². The summed E-state index contributed by atoms with van der Waals surface area (Å²) in [6.45, 7) is 1.46. The third kappa shape index (κ3) is 2.55.